The van der Waals surface area contributed by atoms with Gasteiger partial charge in [-0.1, -0.05) is 20.8 Å². The summed E-state index contributed by atoms with van der Waals surface area (Å²) in [5, 5.41) is 5.76. The van der Waals surface area contributed by atoms with Crippen LogP contribution in [-0.2, 0) is 9.47 Å². The topological polar surface area (TPSA) is 76.7 Å². The molecule has 0 aromatic rings. The molecule has 1 aliphatic rings. The lowest BCUT2D eigenvalue weighted by Crippen LogP contribution is -2.50. The molecule has 1 rings (SSSR count). The molecule has 1 aliphatic carbocycles. The second-order valence-electron chi connectivity index (χ2n) is 7.20. The van der Waals surface area contributed by atoms with Gasteiger partial charge in [-0.15, -0.1) is 0 Å². The van der Waals surface area contributed by atoms with Crippen molar-refractivity contribution in [2.75, 3.05) is 19.8 Å². The van der Waals surface area contributed by atoms with Gasteiger partial charge >= 0.3 is 12.2 Å². The number of carbonyl (C=O) groups is 2. The minimum absolute atomic E-state index is 0.0526. The van der Waals surface area contributed by atoms with Crippen LogP contribution < -0.4 is 10.6 Å². The third kappa shape index (κ3) is 6.12. The Hall–Kier alpha value is -1.46. The van der Waals surface area contributed by atoms with Crippen molar-refractivity contribution in [2.45, 2.75) is 59.9 Å². The van der Waals surface area contributed by atoms with Crippen molar-refractivity contribution in [1.82, 2.24) is 10.6 Å². The SMILES string of the molecule is CCOC(=O)NC[C@@]1(C)C[C@@H](NC(=O)OCC)CC(C)(C)C1. The Balaban J connectivity index is 2.65. The summed E-state index contributed by atoms with van der Waals surface area (Å²) in [6, 6.07) is 0.0526. The van der Waals surface area contributed by atoms with Gasteiger partial charge in [0.05, 0.1) is 13.2 Å². The van der Waals surface area contributed by atoms with Crippen LogP contribution in [0.4, 0.5) is 9.59 Å². The monoisotopic (exact) mass is 314 g/mol. The molecule has 0 aromatic carbocycles. The van der Waals surface area contributed by atoms with Crippen molar-refractivity contribution < 1.29 is 19.1 Å². The molecule has 0 aromatic heterocycles. The number of alkyl carbamates (subject to hydrolysis) is 2. The Kier molecular flexibility index (Phi) is 6.50. The molecule has 0 unspecified atom stereocenters. The van der Waals surface area contributed by atoms with Crippen LogP contribution >= 0.6 is 0 Å². The Bertz CT molecular complexity index is 398. The van der Waals surface area contributed by atoms with Gasteiger partial charge in [-0.3, -0.25) is 0 Å². The first-order chi connectivity index (χ1) is 10.2. The molecule has 0 aliphatic heterocycles. The second-order valence-corrected chi connectivity index (χ2v) is 7.20. The number of hydrogen-bond donors (Lipinski definition) is 2. The normalized spacial score (nSPS) is 26.9. The molecule has 2 atom stereocenters. The standard InChI is InChI=1S/C16H30N2O4/c1-6-21-13(19)17-11-16(5)9-12(8-15(3,4)10-16)18-14(20)22-7-2/h12H,6-11H2,1-5H3,(H,17,19)(H,18,20)/t12-,16-/m0/s1. The minimum atomic E-state index is -0.387. The summed E-state index contributed by atoms with van der Waals surface area (Å²) in [7, 11) is 0. The molecule has 6 nitrogen and oxygen atoms in total. The number of amides is 2. The zero-order valence-corrected chi connectivity index (χ0v) is 14.5. The Labute approximate surface area is 133 Å². The summed E-state index contributed by atoms with van der Waals surface area (Å²) in [5.41, 5.74) is 0.00613. The average molecular weight is 314 g/mol. The van der Waals surface area contributed by atoms with Crippen LogP contribution in [0.5, 0.6) is 0 Å². The summed E-state index contributed by atoms with van der Waals surface area (Å²) < 4.78 is 9.88. The molecule has 6 heteroatoms. The highest BCUT2D eigenvalue weighted by Crippen LogP contribution is 2.45. The molecule has 1 saturated carbocycles. The first kappa shape index (κ1) is 18.6. The minimum Gasteiger partial charge on any atom is -0.450 e. The van der Waals surface area contributed by atoms with Crippen molar-refractivity contribution in [3.8, 4) is 0 Å². The van der Waals surface area contributed by atoms with E-state index in [4.69, 9.17) is 9.47 Å². The van der Waals surface area contributed by atoms with Gasteiger partial charge < -0.3 is 20.1 Å². The van der Waals surface area contributed by atoms with Gasteiger partial charge in [0.2, 0.25) is 0 Å². The smallest absolute Gasteiger partial charge is 0.407 e. The highest BCUT2D eigenvalue weighted by atomic mass is 16.6. The Morgan fingerprint density at radius 3 is 2.23 bits per heavy atom. The average Bonchev–Trinajstić information content (AvgIpc) is 2.34. The van der Waals surface area contributed by atoms with Gasteiger partial charge in [0, 0.05) is 12.6 Å². The molecular formula is C16H30N2O4. The predicted molar refractivity (Wildman–Crippen MR) is 84.7 cm³/mol. The lowest BCUT2D eigenvalue weighted by atomic mass is 9.62. The zero-order valence-electron chi connectivity index (χ0n) is 14.5. The van der Waals surface area contributed by atoms with Crippen LogP contribution in [0.25, 0.3) is 0 Å². The maximum atomic E-state index is 11.7. The van der Waals surface area contributed by atoms with Crippen LogP contribution in [0.3, 0.4) is 0 Å². The lowest BCUT2D eigenvalue weighted by Gasteiger charge is -2.46. The first-order valence-electron chi connectivity index (χ1n) is 8.03. The molecule has 0 saturated heterocycles. The molecule has 0 heterocycles. The molecule has 2 amide bonds. The van der Waals surface area contributed by atoms with Gasteiger partial charge in [0.1, 0.15) is 0 Å². The molecule has 128 valence electrons. The fraction of sp³-hybridized carbons (Fsp3) is 0.875. The molecule has 0 spiro atoms. The fourth-order valence-electron chi connectivity index (χ4n) is 3.68. The second kappa shape index (κ2) is 7.70. The first-order valence-corrected chi connectivity index (χ1v) is 8.03. The van der Waals surface area contributed by atoms with Gasteiger partial charge in [0.25, 0.3) is 0 Å². The summed E-state index contributed by atoms with van der Waals surface area (Å²) in [6.07, 6.45) is 1.93. The van der Waals surface area contributed by atoms with E-state index in [1.54, 1.807) is 13.8 Å². The maximum Gasteiger partial charge on any atom is 0.407 e. The number of hydrogen-bond acceptors (Lipinski definition) is 4. The quantitative estimate of drug-likeness (QED) is 0.817. The van der Waals surface area contributed by atoms with Crippen molar-refractivity contribution >= 4 is 12.2 Å². The van der Waals surface area contributed by atoms with Crippen molar-refractivity contribution in [3.05, 3.63) is 0 Å². The van der Waals surface area contributed by atoms with Crippen LogP contribution in [0.2, 0.25) is 0 Å². The Morgan fingerprint density at radius 1 is 1.05 bits per heavy atom. The van der Waals surface area contributed by atoms with Crippen molar-refractivity contribution in [1.29, 1.82) is 0 Å². The molecular weight excluding hydrogens is 284 g/mol. The van der Waals surface area contributed by atoms with Crippen molar-refractivity contribution in [3.63, 3.8) is 0 Å². The van der Waals surface area contributed by atoms with Crippen LogP contribution in [0.1, 0.15) is 53.9 Å². The van der Waals surface area contributed by atoms with E-state index in [0.29, 0.717) is 19.8 Å². The third-order valence-corrected chi connectivity index (χ3v) is 3.98. The van der Waals surface area contributed by atoms with Gasteiger partial charge in [-0.25, -0.2) is 9.59 Å². The molecule has 2 N–H and O–H groups in total. The van der Waals surface area contributed by atoms with Crippen LogP contribution in [0.15, 0.2) is 0 Å². The van der Waals surface area contributed by atoms with Gasteiger partial charge in [-0.2, -0.15) is 0 Å². The van der Waals surface area contributed by atoms with Gasteiger partial charge in [0.15, 0.2) is 0 Å². The highest BCUT2D eigenvalue weighted by Gasteiger charge is 2.42. The van der Waals surface area contributed by atoms with E-state index < -0.39 is 0 Å². The largest absolute Gasteiger partial charge is 0.450 e. The molecule has 22 heavy (non-hydrogen) atoms. The van der Waals surface area contributed by atoms with E-state index in [9.17, 15) is 9.59 Å². The van der Waals surface area contributed by atoms with Crippen LogP contribution in [-0.4, -0.2) is 38.0 Å². The van der Waals surface area contributed by atoms with E-state index in [1.165, 1.54) is 0 Å². The van der Waals surface area contributed by atoms with Crippen LogP contribution in [0, 0.1) is 10.8 Å². The zero-order chi connectivity index (χ0) is 16.8. The number of ether oxygens (including phenoxy) is 2. The van der Waals surface area contributed by atoms with E-state index >= 15 is 0 Å². The summed E-state index contributed by atoms with van der Waals surface area (Å²) in [6.45, 7) is 11.4. The molecule has 1 fully saturated rings. The summed E-state index contributed by atoms with van der Waals surface area (Å²) in [5.74, 6) is 0. The van der Waals surface area contributed by atoms with E-state index in [-0.39, 0.29) is 29.1 Å². The predicted octanol–water partition coefficient (Wildman–Crippen LogP) is 3.06. The number of carbonyl (C=O) groups excluding carboxylic acids is 2. The molecule has 0 bridgehead atoms. The Morgan fingerprint density at radius 2 is 1.64 bits per heavy atom. The molecule has 0 radical (unpaired) electrons. The fourth-order valence-corrected chi connectivity index (χ4v) is 3.68. The summed E-state index contributed by atoms with van der Waals surface area (Å²) in [4.78, 5) is 23.2. The van der Waals surface area contributed by atoms with E-state index in [2.05, 4.69) is 31.4 Å². The van der Waals surface area contributed by atoms with E-state index in [0.717, 1.165) is 19.3 Å². The highest BCUT2D eigenvalue weighted by molar-refractivity contribution is 5.68. The van der Waals surface area contributed by atoms with Gasteiger partial charge in [-0.05, 0) is 43.9 Å². The third-order valence-electron chi connectivity index (χ3n) is 3.98. The maximum absolute atomic E-state index is 11.7. The summed E-state index contributed by atoms with van der Waals surface area (Å²) >= 11 is 0. The lowest BCUT2D eigenvalue weighted by molar-refractivity contribution is 0.0633. The number of rotatable bonds is 5. The van der Waals surface area contributed by atoms with E-state index in [1.807, 2.05) is 0 Å². The van der Waals surface area contributed by atoms with Crippen molar-refractivity contribution in [2.24, 2.45) is 10.8 Å². The number of nitrogens with one attached hydrogen (secondary N) is 2.